The number of aryl methyl sites for hydroxylation is 3. The Balaban J connectivity index is 1.48. The monoisotopic (exact) mass is 515 g/mol. The van der Waals surface area contributed by atoms with Gasteiger partial charge in [-0.3, -0.25) is 9.97 Å². The maximum Gasteiger partial charge on any atom is 0.150 e. The molecule has 4 aromatic rings. The lowest BCUT2D eigenvalue weighted by Gasteiger charge is -2.22. The molecule has 0 fully saturated rings. The molecule has 0 amide bonds. The topological polar surface area (TPSA) is 121 Å². The highest BCUT2D eigenvalue weighted by Gasteiger charge is 2.21. The van der Waals surface area contributed by atoms with Gasteiger partial charge in [-0.1, -0.05) is 6.07 Å². The molecule has 1 aromatic carbocycles. The van der Waals surface area contributed by atoms with Crippen LogP contribution in [0.4, 0.5) is 17.3 Å². The third kappa shape index (κ3) is 6.73. The minimum Gasteiger partial charge on any atom is -0.384 e. The van der Waals surface area contributed by atoms with Crippen LogP contribution in [0.5, 0.6) is 0 Å². The van der Waals surface area contributed by atoms with Crippen molar-refractivity contribution in [2.24, 2.45) is 0 Å². The van der Waals surface area contributed by atoms with Crippen molar-refractivity contribution in [2.75, 3.05) is 10.6 Å². The molecule has 1 unspecified atom stereocenters. The van der Waals surface area contributed by atoms with Gasteiger partial charge in [0, 0.05) is 35.9 Å². The summed E-state index contributed by atoms with van der Waals surface area (Å²) in [5.41, 5.74) is 3.96. The summed E-state index contributed by atoms with van der Waals surface area (Å²) < 4.78 is 1.98. The van der Waals surface area contributed by atoms with Gasteiger partial charge in [-0.2, -0.15) is 5.10 Å². The first-order valence-electron chi connectivity index (χ1n) is 12.8. The summed E-state index contributed by atoms with van der Waals surface area (Å²) in [6.45, 7) is 11.8. The van der Waals surface area contributed by atoms with E-state index in [0.29, 0.717) is 17.1 Å². The molecule has 0 spiro atoms. The average Bonchev–Trinajstić information content (AvgIpc) is 3.27. The van der Waals surface area contributed by atoms with Crippen molar-refractivity contribution >= 4 is 17.3 Å². The predicted molar refractivity (Wildman–Crippen MR) is 149 cm³/mol. The van der Waals surface area contributed by atoms with Crippen molar-refractivity contribution in [3.63, 3.8) is 0 Å². The number of anilines is 3. The fourth-order valence-corrected chi connectivity index (χ4v) is 4.13. The molecule has 4 rings (SSSR count). The second kappa shape index (κ2) is 10.9. The van der Waals surface area contributed by atoms with Gasteiger partial charge >= 0.3 is 0 Å². The Labute approximate surface area is 224 Å². The van der Waals surface area contributed by atoms with Gasteiger partial charge in [-0.15, -0.1) is 0 Å². The maximum absolute atomic E-state index is 10.8. The molecule has 9 nitrogen and oxygen atoms in total. The number of nitrogens with one attached hydrogen (secondary N) is 2. The lowest BCUT2D eigenvalue weighted by molar-refractivity contribution is 0.0735. The van der Waals surface area contributed by atoms with Gasteiger partial charge < -0.3 is 20.8 Å². The number of aliphatic hydroxyl groups is 2. The highest BCUT2D eigenvalue weighted by molar-refractivity contribution is 5.52. The standard InChI is InChI=1S/C29H37N7O2/c1-19-7-9-22(33-27(37)21-11-12-31-24(16-21)29(5,6)38)15-20(19)8-10-23-17-26(36(35-23)28(2,3)4)34-25-18-30-13-14-32-25/h7,9,11-18,27,33,37-38H,8,10H2,1-6H3,(H,32,34). The Kier molecular flexibility index (Phi) is 7.80. The van der Waals surface area contributed by atoms with Gasteiger partial charge in [-0.05, 0) is 89.8 Å². The molecule has 38 heavy (non-hydrogen) atoms. The minimum absolute atomic E-state index is 0.212. The minimum atomic E-state index is -1.09. The van der Waals surface area contributed by atoms with Crippen LogP contribution in [0, 0.1) is 6.92 Å². The summed E-state index contributed by atoms with van der Waals surface area (Å²) in [5.74, 6) is 1.53. The molecule has 3 aromatic heterocycles. The smallest absolute Gasteiger partial charge is 0.150 e. The summed E-state index contributed by atoms with van der Waals surface area (Å²) in [5, 5.41) is 32.5. The van der Waals surface area contributed by atoms with Crippen molar-refractivity contribution in [3.8, 4) is 0 Å². The fraction of sp³-hybridized carbons (Fsp3) is 0.379. The number of nitrogens with zero attached hydrogens (tertiary/aromatic N) is 5. The molecule has 1 atom stereocenters. The van der Waals surface area contributed by atoms with Crippen molar-refractivity contribution in [2.45, 2.75) is 71.8 Å². The molecular weight excluding hydrogens is 478 g/mol. The van der Waals surface area contributed by atoms with E-state index in [9.17, 15) is 10.2 Å². The van der Waals surface area contributed by atoms with E-state index in [2.05, 4.69) is 65.4 Å². The molecular formula is C29H37N7O2. The summed E-state index contributed by atoms with van der Waals surface area (Å²) >= 11 is 0. The van der Waals surface area contributed by atoms with Gasteiger partial charge in [0.05, 0.1) is 23.1 Å². The Morgan fingerprint density at radius 1 is 0.947 bits per heavy atom. The predicted octanol–water partition coefficient (Wildman–Crippen LogP) is 4.99. The lowest BCUT2D eigenvalue weighted by atomic mass is 10.0. The SMILES string of the molecule is Cc1ccc(NC(O)c2ccnc(C(C)(C)O)c2)cc1CCc1cc(Nc2cnccn2)n(C(C)(C)C)n1. The number of hydrogen-bond acceptors (Lipinski definition) is 8. The van der Waals surface area contributed by atoms with Gasteiger partial charge in [0.15, 0.2) is 6.23 Å². The Bertz CT molecular complexity index is 1370. The largest absolute Gasteiger partial charge is 0.384 e. The summed E-state index contributed by atoms with van der Waals surface area (Å²) in [6, 6.07) is 11.6. The molecule has 0 aliphatic heterocycles. The van der Waals surface area contributed by atoms with E-state index in [1.807, 2.05) is 16.8 Å². The van der Waals surface area contributed by atoms with Gasteiger partial charge in [-0.25, -0.2) is 9.67 Å². The molecule has 0 bridgehead atoms. The molecule has 3 heterocycles. The van der Waals surface area contributed by atoms with E-state index in [-0.39, 0.29) is 5.54 Å². The van der Waals surface area contributed by atoms with Gasteiger partial charge in [0.1, 0.15) is 17.2 Å². The highest BCUT2D eigenvalue weighted by atomic mass is 16.3. The molecule has 0 aliphatic rings. The van der Waals surface area contributed by atoms with Crippen LogP contribution in [0.1, 0.15) is 68.9 Å². The van der Waals surface area contributed by atoms with Crippen LogP contribution in [0.3, 0.4) is 0 Å². The van der Waals surface area contributed by atoms with Crippen molar-refractivity contribution < 1.29 is 10.2 Å². The van der Waals surface area contributed by atoms with Crippen molar-refractivity contribution in [3.05, 3.63) is 89.3 Å². The van der Waals surface area contributed by atoms with Crippen LogP contribution >= 0.6 is 0 Å². The van der Waals surface area contributed by atoms with Crippen LogP contribution in [0.2, 0.25) is 0 Å². The normalized spacial score (nSPS) is 12.8. The Morgan fingerprint density at radius 3 is 2.42 bits per heavy atom. The molecule has 0 aliphatic carbocycles. The highest BCUT2D eigenvalue weighted by Crippen LogP contribution is 2.27. The van der Waals surface area contributed by atoms with E-state index < -0.39 is 11.8 Å². The van der Waals surface area contributed by atoms with E-state index in [1.165, 1.54) is 11.1 Å². The van der Waals surface area contributed by atoms with Crippen molar-refractivity contribution in [1.82, 2.24) is 24.7 Å². The van der Waals surface area contributed by atoms with Crippen LogP contribution in [-0.4, -0.2) is 34.9 Å². The van der Waals surface area contributed by atoms with Crippen LogP contribution in [0.25, 0.3) is 0 Å². The summed E-state index contributed by atoms with van der Waals surface area (Å²) in [4.78, 5) is 12.7. The molecule has 0 radical (unpaired) electrons. The van der Waals surface area contributed by atoms with Crippen LogP contribution < -0.4 is 10.6 Å². The van der Waals surface area contributed by atoms with Crippen molar-refractivity contribution in [1.29, 1.82) is 0 Å². The average molecular weight is 516 g/mol. The fourth-order valence-electron chi connectivity index (χ4n) is 4.13. The molecule has 200 valence electrons. The molecule has 0 saturated heterocycles. The third-order valence-electron chi connectivity index (χ3n) is 6.24. The number of aliphatic hydroxyl groups excluding tert-OH is 1. The van der Waals surface area contributed by atoms with Crippen LogP contribution in [-0.2, 0) is 24.0 Å². The van der Waals surface area contributed by atoms with E-state index in [4.69, 9.17) is 5.10 Å². The molecule has 9 heteroatoms. The zero-order valence-corrected chi connectivity index (χ0v) is 22.9. The molecule has 0 saturated carbocycles. The first kappa shape index (κ1) is 27.2. The zero-order chi connectivity index (χ0) is 27.5. The molecule has 4 N–H and O–H groups in total. The quantitative estimate of drug-likeness (QED) is 0.230. The Morgan fingerprint density at radius 2 is 1.74 bits per heavy atom. The number of hydrogen-bond donors (Lipinski definition) is 4. The lowest BCUT2D eigenvalue weighted by Crippen LogP contribution is -2.24. The van der Waals surface area contributed by atoms with Gasteiger partial charge in [0.2, 0.25) is 0 Å². The van der Waals surface area contributed by atoms with E-state index in [1.54, 1.807) is 50.8 Å². The summed E-state index contributed by atoms with van der Waals surface area (Å²) in [6.07, 6.45) is 7.19. The third-order valence-corrected chi connectivity index (χ3v) is 6.24. The van der Waals surface area contributed by atoms with Crippen LogP contribution in [0.15, 0.2) is 61.2 Å². The number of pyridine rings is 1. The number of benzene rings is 1. The second-order valence-electron chi connectivity index (χ2n) is 11.0. The zero-order valence-electron chi connectivity index (χ0n) is 22.9. The maximum atomic E-state index is 10.8. The summed E-state index contributed by atoms with van der Waals surface area (Å²) in [7, 11) is 0. The first-order chi connectivity index (χ1) is 17.9. The number of aromatic nitrogens is 5. The first-order valence-corrected chi connectivity index (χ1v) is 12.8. The second-order valence-corrected chi connectivity index (χ2v) is 11.0. The Hall–Kier alpha value is -3.82. The number of rotatable bonds is 9. The van der Waals surface area contributed by atoms with E-state index in [0.717, 1.165) is 30.0 Å². The van der Waals surface area contributed by atoms with Gasteiger partial charge in [0.25, 0.3) is 0 Å². The van der Waals surface area contributed by atoms with E-state index >= 15 is 0 Å².